The van der Waals surface area contributed by atoms with Crippen molar-refractivity contribution in [1.29, 1.82) is 0 Å². The van der Waals surface area contributed by atoms with Gasteiger partial charge in [0.15, 0.2) is 0 Å². The van der Waals surface area contributed by atoms with Crippen molar-refractivity contribution in [1.82, 2.24) is 0 Å². The van der Waals surface area contributed by atoms with E-state index < -0.39 is 0 Å². The molecule has 0 unspecified atom stereocenters. The maximum Gasteiger partial charge on any atom is 0.0561 e. The Hall–Kier alpha value is -6.38. The van der Waals surface area contributed by atoms with Gasteiger partial charge in [-0.1, -0.05) is 125 Å². The van der Waals surface area contributed by atoms with Crippen LogP contribution in [0.25, 0.3) is 43.4 Å². The van der Waals surface area contributed by atoms with Gasteiger partial charge >= 0.3 is 0 Å². The first-order chi connectivity index (χ1) is 27.0. The van der Waals surface area contributed by atoms with E-state index in [4.69, 9.17) is 0 Å². The highest BCUT2D eigenvalue weighted by Gasteiger charge is 2.27. The summed E-state index contributed by atoms with van der Waals surface area (Å²) in [7, 11) is 0. The van der Waals surface area contributed by atoms with Crippen LogP contribution in [0.4, 0.5) is 34.1 Å². The predicted octanol–water partition coefficient (Wildman–Crippen LogP) is 15.7. The molecule has 0 saturated heterocycles. The fourth-order valence-corrected chi connectivity index (χ4v) is 9.05. The van der Waals surface area contributed by atoms with Gasteiger partial charge in [-0.05, 0) is 147 Å². The van der Waals surface area contributed by atoms with Gasteiger partial charge in [-0.2, -0.15) is 0 Å². The molecule has 0 bridgehead atoms. The lowest BCUT2D eigenvalue weighted by molar-refractivity contribution is 1.20. The molecule has 2 heteroatoms. The van der Waals surface area contributed by atoms with Crippen LogP contribution in [0, 0.1) is 55.4 Å². The number of hydrogen-bond donors (Lipinski definition) is 0. The second-order valence-electron chi connectivity index (χ2n) is 16.0. The van der Waals surface area contributed by atoms with Crippen molar-refractivity contribution in [3.63, 3.8) is 0 Å². The zero-order valence-electron chi connectivity index (χ0n) is 33.8. The maximum absolute atomic E-state index is 2.52. The van der Waals surface area contributed by atoms with Crippen LogP contribution in [0.2, 0.25) is 0 Å². The van der Waals surface area contributed by atoms with Gasteiger partial charge in [-0.3, -0.25) is 0 Å². The molecule has 0 aliphatic heterocycles. The monoisotopic (exact) mass is 724 g/mol. The summed E-state index contributed by atoms with van der Waals surface area (Å²) in [5, 5.41) is 7.54. The summed E-state index contributed by atoms with van der Waals surface area (Å²) in [6.07, 6.45) is 0. The third kappa shape index (κ3) is 5.97. The van der Waals surface area contributed by atoms with E-state index in [1.165, 1.54) is 111 Å². The van der Waals surface area contributed by atoms with Crippen LogP contribution in [0.15, 0.2) is 146 Å². The Balaban J connectivity index is 1.46. The normalized spacial score (nSPS) is 11.6. The third-order valence-electron chi connectivity index (χ3n) is 11.6. The van der Waals surface area contributed by atoms with E-state index in [2.05, 4.69) is 211 Å². The number of benzene rings is 9. The Morgan fingerprint density at radius 2 is 0.661 bits per heavy atom. The maximum atomic E-state index is 2.52. The summed E-state index contributed by atoms with van der Waals surface area (Å²) < 4.78 is 0. The summed E-state index contributed by atoms with van der Waals surface area (Å²) in [6.45, 7) is 17.7. The van der Waals surface area contributed by atoms with Crippen LogP contribution < -0.4 is 9.80 Å². The van der Waals surface area contributed by atoms with Gasteiger partial charge in [0.05, 0.1) is 11.4 Å². The van der Waals surface area contributed by atoms with E-state index >= 15 is 0 Å². The molecule has 0 heterocycles. The largest absolute Gasteiger partial charge is 0.309 e. The van der Waals surface area contributed by atoms with Crippen LogP contribution in [-0.2, 0) is 0 Å². The van der Waals surface area contributed by atoms with Crippen molar-refractivity contribution in [3.05, 3.63) is 190 Å². The first-order valence-corrected chi connectivity index (χ1v) is 19.8. The molecule has 0 radical (unpaired) electrons. The molecule has 9 aromatic carbocycles. The summed E-state index contributed by atoms with van der Waals surface area (Å²) in [4.78, 5) is 5.05. The molecule has 2 nitrogen and oxygen atoms in total. The summed E-state index contributed by atoms with van der Waals surface area (Å²) in [5.41, 5.74) is 19.5. The average molecular weight is 725 g/mol. The average Bonchev–Trinajstić information content (AvgIpc) is 3.17. The number of aryl methyl sites for hydroxylation is 8. The topological polar surface area (TPSA) is 6.48 Å². The number of hydrogen-bond acceptors (Lipinski definition) is 2. The highest BCUT2D eigenvalue weighted by molar-refractivity contribution is 6.29. The SMILES string of the molecule is Cc1ccc(N(c2ccc(C)cc2C)c2cc(N(c3ccc(C)cc3C)c3ccc(C)cc3C)c3ccc4cc(-c5ccccc5)cc5ccc2c3c54)c(C)c1. The quantitative estimate of drug-likeness (QED) is 0.151. The molecule has 0 spiro atoms. The molecule has 0 fully saturated rings. The third-order valence-corrected chi connectivity index (χ3v) is 11.6. The molecule has 0 aromatic heterocycles. The van der Waals surface area contributed by atoms with E-state index in [0.29, 0.717) is 0 Å². The number of rotatable bonds is 7. The Bertz CT molecular complexity index is 2680. The summed E-state index contributed by atoms with van der Waals surface area (Å²) >= 11 is 0. The highest BCUT2D eigenvalue weighted by atomic mass is 15.2. The summed E-state index contributed by atoms with van der Waals surface area (Å²) in [6, 6.07) is 54.9. The van der Waals surface area contributed by atoms with E-state index in [1.807, 2.05) is 0 Å². The van der Waals surface area contributed by atoms with E-state index in [-0.39, 0.29) is 0 Å². The highest BCUT2D eigenvalue weighted by Crippen LogP contribution is 2.52. The lowest BCUT2D eigenvalue weighted by atomic mass is 9.89. The molecule has 274 valence electrons. The molecule has 56 heavy (non-hydrogen) atoms. The van der Waals surface area contributed by atoms with Crippen LogP contribution in [0.3, 0.4) is 0 Å². The van der Waals surface area contributed by atoms with Crippen molar-refractivity contribution in [3.8, 4) is 11.1 Å². The van der Waals surface area contributed by atoms with Crippen molar-refractivity contribution in [2.24, 2.45) is 0 Å². The molecule has 9 aromatic rings. The zero-order chi connectivity index (χ0) is 38.8. The molecule has 0 atom stereocenters. The van der Waals surface area contributed by atoms with Crippen LogP contribution >= 0.6 is 0 Å². The van der Waals surface area contributed by atoms with E-state index in [9.17, 15) is 0 Å². The standard InChI is InChI=1S/C54H48N2/c1-33-14-22-47(37(5)26-33)55(48-23-15-34(2)27-38(48)6)51-32-52(56(49-24-16-35(3)28-39(49)7)50-25-17-36(4)29-40(50)8)46-21-19-43-31-44(41-12-10-9-11-13-41)30-42-18-20-45(51)54(46)53(42)43/h9-32H,1-8H3. The van der Waals surface area contributed by atoms with Gasteiger partial charge in [-0.25, -0.2) is 0 Å². The molecular formula is C54H48N2. The van der Waals surface area contributed by atoms with E-state index in [1.54, 1.807) is 0 Å². The predicted molar refractivity (Wildman–Crippen MR) is 243 cm³/mol. The van der Waals surface area contributed by atoms with Crippen LogP contribution in [-0.4, -0.2) is 0 Å². The lowest BCUT2D eigenvalue weighted by Crippen LogP contribution is -2.17. The van der Waals surface area contributed by atoms with Crippen molar-refractivity contribution < 1.29 is 0 Å². The first kappa shape index (κ1) is 35.3. The minimum absolute atomic E-state index is 1.16. The number of anilines is 6. The van der Waals surface area contributed by atoms with Gasteiger partial charge in [0.25, 0.3) is 0 Å². The van der Waals surface area contributed by atoms with E-state index in [0.717, 1.165) is 11.4 Å². The fourth-order valence-electron chi connectivity index (χ4n) is 9.05. The van der Waals surface area contributed by atoms with Gasteiger partial charge < -0.3 is 9.80 Å². The van der Waals surface area contributed by atoms with Gasteiger partial charge in [0, 0.05) is 38.9 Å². The Labute approximate surface area is 331 Å². The first-order valence-electron chi connectivity index (χ1n) is 19.8. The Morgan fingerprint density at radius 1 is 0.286 bits per heavy atom. The second kappa shape index (κ2) is 13.7. The van der Waals surface area contributed by atoms with Crippen molar-refractivity contribution in [2.75, 3.05) is 9.80 Å². The Kier molecular flexibility index (Phi) is 8.66. The van der Waals surface area contributed by atoms with Gasteiger partial charge in [0.1, 0.15) is 0 Å². The van der Waals surface area contributed by atoms with Crippen LogP contribution in [0.5, 0.6) is 0 Å². The van der Waals surface area contributed by atoms with Crippen LogP contribution in [0.1, 0.15) is 44.5 Å². The van der Waals surface area contributed by atoms with Gasteiger partial charge in [0.2, 0.25) is 0 Å². The van der Waals surface area contributed by atoms with Gasteiger partial charge in [-0.15, -0.1) is 0 Å². The molecule has 0 amide bonds. The molecule has 0 saturated carbocycles. The zero-order valence-corrected chi connectivity index (χ0v) is 33.8. The molecule has 0 aliphatic carbocycles. The second-order valence-corrected chi connectivity index (χ2v) is 16.0. The summed E-state index contributed by atoms with van der Waals surface area (Å²) in [5.74, 6) is 0. The van der Waals surface area contributed by atoms with Crippen molar-refractivity contribution in [2.45, 2.75) is 55.4 Å². The molecule has 0 N–H and O–H groups in total. The minimum Gasteiger partial charge on any atom is -0.309 e. The molecular weight excluding hydrogens is 677 g/mol. The number of nitrogens with zero attached hydrogens (tertiary/aromatic N) is 2. The van der Waals surface area contributed by atoms with Crippen molar-refractivity contribution >= 4 is 66.4 Å². The molecule has 0 aliphatic rings. The smallest absolute Gasteiger partial charge is 0.0561 e. The lowest BCUT2D eigenvalue weighted by Gasteiger charge is -2.34. The molecule has 9 rings (SSSR count). The Morgan fingerprint density at radius 3 is 1.02 bits per heavy atom. The fraction of sp³-hybridized carbons (Fsp3) is 0.148. The minimum atomic E-state index is 1.16.